The van der Waals surface area contributed by atoms with E-state index in [1.54, 1.807) is 0 Å². The Balaban J connectivity index is 0. The summed E-state index contributed by atoms with van der Waals surface area (Å²) in [5.41, 5.74) is 0. The number of aliphatic imine (C=N–C) groups is 1. The van der Waals surface area contributed by atoms with Crippen molar-refractivity contribution in [2.24, 2.45) is 4.99 Å². The van der Waals surface area contributed by atoms with Gasteiger partial charge in [0, 0.05) is 7.05 Å². The minimum Gasteiger partial charge on any atom is -0.344 e. The molecule has 1 aliphatic heterocycles. The van der Waals surface area contributed by atoms with Crippen LogP contribution in [-0.2, 0) is 0 Å². The number of hydrogen-bond donors (Lipinski definition) is 0. The quantitative estimate of drug-likeness (QED) is 0.473. The van der Waals surface area contributed by atoms with Crippen LogP contribution in [0, 0.1) is 0 Å². The van der Waals surface area contributed by atoms with Gasteiger partial charge >= 0.3 is 0 Å². The first-order valence-electron chi connectivity index (χ1n) is 3.53. The number of amidine groups is 1. The van der Waals surface area contributed by atoms with Crippen molar-refractivity contribution in [3.05, 3.63) is 13.2 Å². The lowest BCUT2D eigenvalue weighted by Crippen LogP contribution is -2.33. The van der Waals surface area contributed by atoms with Gasteiger partial charge in [-0.25, -0.2) is 0 Å². The SMILES string of the molecule is C=C.CC.CC1=NCN1C. The summed E-state index contributed by atoms with van der Waals surface area (Å²) in [6.07, 6.45) is 0. The van der Waals surface area contributed by atoms with E-state index in [1.165, 1.54) is 0 Å². The molecular weight excluding hydrogens is 124 g/mol. The fraction of sp³-hybridized carbons (Fsp3) is 0.625. The van der Waals surface area contributed by atoms with Crippen molar-refractivity contribution >= 4 is 5.84 Å². The van der Waals surface area contributed by atoms with Gasteiger partial charge in [0.1, 0.15) is 6.67 Å². The minimum absolute atomic E-state index is 0.895. The average Bonchev–Trinajstić information content (AvgIpc) is 2.08. The predicted molar refractivity (Wildman–Crippen MR) is 48.3 cm³/mol. The molecule has 0 unspecified atom stereocenters. The largest absolute Gasteiger partial charge is 0.344 e. The van der Waals surface area contributed by atoms with Crippen LogP contribution in [-0.4, -0.2) is 24.5 Å². The number of rotatable bonds is 0. The first-order chi connectivity index (χ1) is 4.80. The Morgan fingerprint density at radius 2 is 1.70 bits per heavy atom. The van der Waals surface area contributed by atoms with Crippen molar-refractivity contribution in [1.29, 1.82) is 0 Å². The van der Waals surface area contributed by atoms with Crippen LogP contribution >= 0.6 is 0 Å². The molecule has 0 aliphatic carbocycles. The molecule has 0 fully saturated rings. The van der Waals surface area contributed by atoms with Crippen molar-refractivity contribution in [3.63, 3.8) is 0 Å². The van der Waals surface area contributed by atoms with Crippen LogP contribution in [0.25, 0.3) is 0 Å². The second kappa shape index (κ2) is 8.21. The van der Waals surface area contributed by atoms with Gasteiger partial charge in [-0.15, -0.1) is 13.2 Å². The molecule has 0 aromatic rings. The van der Waals surface area contributed by atoms with E-state index >= 15 is 0 Å². The summed E-state index contributed by atoms with van der Waals surface area (Å²) < 4.78 is 0. The molecule has 0 atom stereocenters. The maximum Gasteiger partial charge on any atom is 0.112 e. The molecule has 2 heteroatoms. The van der Waals surface area contributed by atoms with Gasteiger partial charge in [0.05, 0.1) is 5.84 Å². The highest BCUT2D eigenvalue weighted by Gasteiger charge is 2.05. The van der Waals surface area contributed by atoms with E-state index in [4.69, 9.17) is 0 Å². The van der Waals surface area contributed by atoms with Crippen LogP contribution in [0.5, 0.6) is 0 Å². The molecule has 0 aromatic heterocycles. The number of nitrogens with zero attached hydrogens (tertiary/aromatic N) is 2. The maximum absolute atomic E-state index is 3.99. The average molecular weight is 142 g/mol. The fourth-order valence-electron chi connectivity index (χ4n) is 0.354. The van der Waals surface area contributed by atoms with Gasteiger partial charge < -0.3 is 4.90 Å². The summed E-state index contributed by atoms with van der Waals surface area (Å²) >= 11 is 0. The van der Waals surface area contributed by atoms with Crippen LogP contribution < -0.4 is 0 Å². The Kier molecular flexibility index (Phi) is 9.80. The maximum atomic E-state index is 3.99. The lowest BCUT2D eigenvalue weighted by atomic mass is 10.5. The van der Waals surface area contributed by atoms with Gasteiger partial charge in [-0.3, -0.25) is 4.99 Å². The summed E-state index contributed by atoms with van der Waals surface area (Å²) in [6.45, 7) is 12.9. The summed E-state index contributed by atoms with van der Waals surface area (Å²) in [5.74, 6) is 1.15. The predicted octanol–water partition coefficient (Wildman–Crippen LogP) is 2.14. The second-order valence-electron chi connectivity index (χ2n) is 1.54. The van der Waals surface area contributed by atoms with Gasteiger partial charge in [-0.2, -0.15) is 0 Å². The molecule has 0 spiro atoms. The molecule has 1 heterocycles. The Bertz CT molecular complexity index is 97.4. The lowest BCUT2D eigenvalue weighted by molar-refractivity contribution is 0.459. The Labute approximate surface area is 64.3 Å². The van der Waals surface area contributed by atoms with E-state index < -0.39 is 0 Å². The van der Waals surface area contributed by atoms with E-state index in [0.717, 1.165) is 12.5 Å². The minimum atomic E-state index is 0.895. The first kappa shape index (κ1) is 11.9. The van der Waals surface area contributed by atoms with Crippen molar-refractivity contribution in [1.82, 2.24) is 4.90 Å². The van der Waals surface area contributed by atoms with Crippen molar-refractivity contribution < 1.29 is 0 Å². The zero-order chi connectivity index (χ0) is 8.57. The smallest absolute Gasteiger partial charge is 0.112 e. The van der Waals surface area contributed by atoms with Crippen LogP contribution in [0.4, 0.5) is 0 Å². The summed E-state index contributed by atoms with van der Waals surface area (Å²) in [6, 6.07) is 0. The van der Waals surface area contributed by atoms with Crippen LogP contribution in [0.3, 0.4) is 0 Å². The molecule has 1 rings (SSSR count). The lowest BCUT2D eigenvalue weighted by Gasteiger charge is -2.24. The Hall–Kier alpha value is -0.790. The topological polar surface area (TPSA) is 15.6 Å². The molecule has 0 N–H and O–H groups in total. The van der Waals surface area contributed by atoms with Gasteiger partial charge in [-0.05, 0) is 6.92 Å². The van der Waals surface area contributed by atoms with Gasteiger partial charge in [-0.1, -0.05) is 13.8 Å². The zero-order valence-corrected chi connectivity index (χ0v) is 7.52. The van der Waals surface area contributed by atoms with E-state index in [-0.39, 0.29) is 0 Å². The molecule has 0 radical (unpaired) electrons. The molecule has 0 saturated carbocycles. The van der Waals surface area contributed by atoms with Crippen molar-refractivity contribution in [2.75, 3.05) is 13.7 Å². The fourth-order valence-corrected chi connectivity index (χ4v) is 0.354. The Morgan fingerprint density at radius 1 is 1.40 bits per heavy atom. The monoisotopic (exact) mass is 142 g/mol. The third-order valence-corrected chi connectivity index (χ3v) is 1.06. The van der Waals surface area contributed by atoms with E-state index in [9.17, 15) is 0 Å². The van der Waals surface area contributed by atoms with E-state index in [1.807, 2.05) is 27.8 Å². The number of hydrogen-bond acceptors (Lipinski definition) is 2. The van der Waals surface area contributed by atoms with E-state index in [2.05, 4.69) is 23.1 Å². The summed E-state index contributed by atoms with van der Waals surface area (Å²) in [5, 5.41) is 0. The molecule has 0 aromatic carbocycles. The molecule has 60 valence electrons. The van der Waals surface area contributed by atoms with Gasteiger partial charge in [0.25, 0.3) is 0 Å². The molecule has 2 nitrogen and oxygen atoms in total. The molecule has 1 aliphatic rings. The van der Waals surface area contributed by atoms with Gasteiger partial charge in [0.15, 0.2) is 0 Å². The molecular formula is C8H18N2. The first-order valence-corrected chi connectivity index (χ1v) is 3.53. The van der Waals surface area contributed by atoms with E-state index in [0.29, 0.717) is 0 Å². The Morgan fingerprint density at radius 3 is 1.70 bits per heavy atom. The highest BCUT2D eigenvalue weighted by molar-refractivity contribution is 5.82. The summed E-state index contributed by atoms with van der Waals surface area (Å²) in [4.78, 5) is 6.09. The highest BCUT2D eigenvalue weighted by atomic mass is 15.3. The molecule has 0 amide bonds. The third kappa shape index (κ3) is 4.13. The molecule has 0 bridgehead atoms. The van der Waals surface area contributed by atoms with Crippen LogP contribution in [0.2, 0.25) is 0 Å². The normalized spacial score (nSPS) is 12.8. The van der Waals surface area contributed by atoms with Crippen LogP contribution in [0.15, 0.2) is 18.2 Å². The third-order valence-electron chi connectivity index (χ3n) is 1.06. The molecule has 10 heavy (non-hydrogen) atoms. The van der Waals surface area contributed by atoms with Crippen molar-refractivity contribution in [2.45, 2.75) is 20.8 Å². The standard InChI is InChI=1S/C4H8N2.C2H6.C2H4/c1-4-5-3-6(4)2;2*1-2/h3H2,1-2H3;1-2H3;1-2H2. The van der Waals surface area contributed by atoms with Crippen molar-refractivity contribution in [3.8, 4) is 0 Å². The second-order valence-corrected chi connectivity index (χ2v) is 1.54. The summed E-state index contributed by atoms with van der Waals surface area (Å²) in [7, 11) is 2.03. The van der Waals surface area contributed by atoms with Crippen LogP contribution in [0.1, 0.15) is 20.8 Å². The highest BCUT2D eigenvalue weighted by Crippen LogP contribution is 1.96. The molecule has 0 saturated heterocycles. The van der Waals surface area contributed by atoms with Gasteiger partial charge in [0.2, 0.25) is 0 Å². The zero-order valence-electron chi connectivity index (χ0n) is 7.52.